The molecule has 2 aromatic rings. The molecule has 0 bridgehead atoms. The topological polar surface area (TPSA) is 73.8 Å². The fraction of sp³-hybridized carbons (Fsp3) is 0.357. The lowest BCUT2D eigenvalue weighted by molar-refractivity contribution is -0.115. The summed E-state index contributed by atoms with van der Waals surface area (Å²) in [4.78, 5) is 10.9. The maximum atomic E-state index is 10.9. The average Bonchev–Trinajstić information content (AvgIpc) is 2.80. The van der Waals surface area contributed by atoms with E-state index in [1.807, 2.05) is 29.7 Å². The molecule has 0 spiro atoms. The second kappa shape index (κ2) is 6.09. The summed E-state index contributed by atoms with van der Waals surface area (Å²) in [5.41, 5.74) is 7.39. The first-order valence-corrected chi connectivity index (χ1v) is 7.40. The highest BCUT2D eigenvalue weighted by molar-refractivity contribution is 7.99. The second-order valence-corrected chi connectivity index (χ2v) is 5.84. The van der Waals surface area contributed by atoms with E-state index in [4.69, 9.17) is 5.73 Å². The van der Waals surface area contributed by atoms with E-state index in [1.54, 1.807) is 0 Å². The third kappa shape index (κ3) is 3.19. The van der Waals surface area contributed by atoms with Crippen molar-refractivity contribution in [3.05, 3.63) is 29.8 Å². The normalized spacial score (nSPS) is 11.0. The molecule has 20 heavy (non-hydrogen) atoms. The Morgan fingerprint density at radius 2 is 2.15 bits per heavy atom. The van der Waals surface area contributed by atoms with E-state index in [0.717, 1.165) is 16.5 Å². The van der Waals surface area contributed by atoms with Crippen LogP contribution in [0.15, 0.2) is 29.4 Å². The maximum absolute atomic E-state index is 10.9. The Bertz CT molecular complexity index is 621. The van der Waals surface area contributed by atoms with Gasteiger partial charge in [-0.1, -0.05) is 35.5 Å². The highest BCUT2D eigenvalue weighted by Crippen LogP contribution is 2.27. The van der Waals surface area contributed by atoms with Crippen molar-refractivity contribution in [2.24, 2.45) is 5.73 Å². The third-order valence-corrected chi connectivity index (χ3v) is 3.77. The Balaban J connectivity index is 2.41. The van der Waals surface area contributed by atoms with Crippen LogP contribution in [0.25, 0.3) is 11.4 Å². The summed E-state index contributed by atoms with van der Waals surface area (Å²) >= 11 is 1.32. The van der Waals surface area contributed by atoms with Crippen molar-refractivity contribution in [3.8, 4) is 11.4 Å². The Morgan fingerprint density at radius 3 is 2.75 bits per heavy atom. The number of aryl methyl sites for hydroxylation is 1. The van der Waals surface area contributed by atoms with Gasteiger partial charge in [0.15, 0.2) is 11.0 Å². The van der Waals surface area contributed by atoms with E-state index < -0.39 is 0 Å². The van der Waals surface area contributed by atoms with Gasteiger partial charge < -0.3 is 5.73 Å². The van der Waals surface area contributed by atoms with Crippen molar-refractivity contribution in [1.29, 1.82) is 0 Å². The number of amides is 1. The molecule has 2 rings (SSSR count). The van der Waals surface area contributed by atoms with Crippen LogP contribution in [0.5, 0.6) is 0 Å². The fourth-order valence-electron chi connectivity index (χ4n) is 1.96. The van der Waals surface area contributed by atoms with Crippen LogP contribution in [0.1, 0.15) is 25.5 Å². The Kier molecular flexibility index (Phi) is 4.44. The van der Waals surface area contributed by atoms with Crippen LogP contribution >= 0.6 is 11.8 Å². The quantitative estimate of drug-likeness (QED) is 0.858. The van der Waals surface area contributed by atoms with Gasteiger partial charge in [0.1, 0.15) is 0 Å². The molecule has 0 atom stereocenters. The van der Waals surface area contributed by atoms with Gasteiger partial charge in [0, 0.05) is 11.6 Å². The van der Waals surface area contributed by atoms with Gasteiger partial charge >= 0.3 is 0 Å². The molecule has 106 valence electrons. The number of thioether (sulfide) groups is 1. The first-order valence-electron chi connectivity index (χ1n) is 6.42. The minimum atomic E-state index is -0.356. The zero-order valence-electron chi connectivity index (χ0n) is 11.8. The third-order valence-electron chi connectivity index (χ3n) is 2.80. The molecule has 0 aliphatic heterocycles. The molecule has 0 saturated carbocycles. The summed E-state index contributed by atoms with van der Waals surface area (Å²) in [6, 6.07) is 8.34. The molecule has 0 saturated heterocycles. The SMILES string of the molecule is Cc1cccc(-c2nnc(SCC(N)=O)n2C(C)C)c1. The van der Waals surface area contributed by atoms with E-state index in [2.05, 4.69) is 30.1 Å². The van der Waals surface area contributed by atoms with Crippen LogP contribution in [0, 0.1) is 6.92 Å². The summed E-state index contributed by atoms with van der Waals surface area (Å²) in [5.74, 6) is 0.666. The summed E-state index contributed by atoms with van der Waals surface area (Å²) in [7, 11) is 0. The molecule has 0 fully saturated rings. The van der Waals surface area contributed by atoms with Crippen molar-refractivity contribution in [2.45, 2.75) is 32.0 Å². The van der Waals surface area contributed by atoms with Crippen molar-refractivity contribution >= 4 is 17.7 Å². The molecule has 1 heterocycles. The van der Waals surface area contributed by atoms with Crippen molar-refractivity contribution < 1.29 is 4.79 Å². The maximum Gasteiger partial charge on any atom is 0.227 e. The van der Waals surface area contributed by atoms with E-state index in [0.29, 0.717) is 0 Å². The number of carbonyl (C=O) groups excluding carboxylic acids is 1. The smallest absolute Gasteiger partial charge is 0.227 e. The van der Waals surface area contributed by atoms with E-state index in [9.17, 15) is 4.79 Å². The lowest BCUT2D eigenvalue weighted by atomic mass is 10.1. The summed E-state index contributed by atoms with van der Waals surface area (Å²) in [6.07, 6.45) is 0. The van der Waals surface area contributed by atoms with E-state index in [-0.39, 0.29) is 17.7 Å². The van der Waals surface area contributed by atoms with Gasteiger partial charge in [-0.15, -0.1) is 10.2 Å². The van der Waals surface area contributed by atoms with Crippen LogP contribution in [-0.4, -0.2) is 26.4 Å². The number of benzene rings is 1. The number of nitrogens with zero attached hydrogens (tertiary/aromatic N) is 3. The number of nitrogens with two attached hydrogens (primary N) is 1. The standard InChI is InChI=1S/C14H18N4OS/c1-9(2)18-13(11-6-4-5-10(3)7-11)16-17-14(18)20-8-12(15)19/h4-7,9H,8H2,1-3H3,(H2,15,19). The summed E-state index contributed by atoms with van der Waals surface area (Å²) in [6.45, 7) is 6.18. The van der Waals surface area contributed by atoms with Gasteiger partial charge in [0.05, 0.1) is 5.75 Å². The molecule has 0 aliphatic rings. The van der Waals surface area contributed by atoms with Crippen molar-refractivity contribution in [1.82, 2.24) is 14.8 Å². The molecular formula is C14H18N4OS. The summed E-state index contributed by atoms with van der Waals surface area (Å²) in [5, 5.41) is 9.17. The van der Waals surface area contributed by atoms with Crippen LogP contribution in [0.3, 0.4) is 0 Å². The zero-order chi connectivity index (χ0) is 14.7. The fourth-order valence-corrected chi connectivity index (χ4v) is 2.76. The Labute approximate surface area is 122 Å². The molecule has 0 radical (unpaired) electrons. The van der Waals surface area contributed by atoms with Crippen LogP contribution < -0.4 is 5.73 Å². The Morgan fingerprint density at radius 1 is 1.40 bits per heavy atom. The van der Waals surface area contributed by atoms with E-state index >= 15 is 0 Å². The molecule has 5 nitrogen and oxygen atoms in total. The molecule has 6 heteroatoms. The monoisotopic (exact) mass is 290 g/mol. The molecule has 0 unspecified atom stereocenters. The molecule has 1 aromatic heterocycles. The van der Waals surface area contributed by atoms with Gasteiger partial charge in [-0.3, -0.25) is 9.36 Å². The van der Waals surface area contributed by atoms with Gasteiger partial charge in [0.2, 0.25) is 5.91 Å². The number of hydrogen-bond donors (Lipinski definition) is 1. The highest BCUT2D eigenvalue weighted by Gasteiger charge is 2.17. The second-order valence-electron chi connectivity index (χ2n) is 4.89. The largest absolute Gasteiger partial charge is 0.369 e. The minimum absolute atomic E-state index is 0.205. The lowest BCUT2D eigenvalue weighted by Crippen LogP contribution is -2.14. The number of carbonyl (C=O) groups is 1. The van der Waals surface area contributed by atoms with Crippen molar-refractivity contribution in [3.63, 3.8) is 0 Å². The van der Waals surface area contributed by atoms with Crippen LogP contribution in [0.4, 0.5) is 0 Å². The number of rotatable bonds is 5. The molecule has 1 amide bonds. The van der Waals surface area contributed by atoms with Crippen LogP contribution in [0.2, 0.25) is 0 Å². The zero-order valence-corrected chi connectivity index (χ0v) is 12.6. The number of primary amides is 1. The van der Waals surface area contributed by atoms with Gasteiger partial charge in [0.25, 0.3) is 0 Å². The summed E-state index contributed by atoms with van der Waals surface area (Å²) < 4.78 is 2.03. The molecule has 1 aromatic carbocycles. The molecule has 2 N–H and O–H groups in total. The van der Waals surface area contributed by atoms with Gasteiger partial charge in [-0.2, -0.15) is 0 Å². The predicted molar refractivity (Wildman–Crippen MR) is 80.5 cm³/mol. The molecule has 0 aliphatic carbocycles. The minimum Gasteiger partial charge on any atom is -0.369 e. The van der Waals surface area contributed by atoms with Gasteiger partial charge in [-0.05, 0) is 26.8 Å². The first-order chi connectivity index (χ1) is 9.49. The van der Waals surface area contributed by atoms with Crippen molar-refractivity contribution in [2.75, 3.05) is 5.75 Å². The number of aromatic nitrogens is 3. The predicted octanol–water partition coefficient (Wildman–Crippen LogP) is 2.41. The Hall–Kier alpha value is -1.82. The highest BCUT2D eigenvalue weighted by atomic mass is 32.2. The molecular weight excluding hydrogens is 272 g/mol. The van der Waals surface area contributed by atoms with Gasteiger partial charge in [-0.25, -0.2) is 0 Å². The van der Waals surface area contributed by atoms with E-state index in [1.165, 1.54) is 17.3 Å². The lowest BCUT2D eigenvalue weighted by Gasteiger charge is -2.13. The average molecular weight is 290 g/mol. The van der Waals surface area contributed by atoms with Crippen LogP contribution in [-0.2, 0) is 4.79 Å². The number of hydrogen-bond acceptors (Lipinski definition) is 4. The first kappa shape index (κ1) is 14.6.